The average Bonchev–Trinajstić information content (AvgIpc) is 2.48. The molecule has 0 atom stereocenters. The van der Waals surface area contributed by atoms with Gasteiger partial charge in [0.2, 0.25) is 0 Å². The summed E-state index contributed by atoms with van der Waals surface area (Å²) < 4.78 is 32.6. The highest BCUT2D eigenvalue weighted by Gasteiger charge is 2.20. The molecular formula is C14H17N3O3S. The van der Waals surface area contributed by atoms with Crippen LogP contribution in [0.3, 0.4) is 0 Å². The fraction of sp³-hybridized carbons (Fsp3) is 0.214. The molecule has 0 amide bonds. The van der Waals surface area contributed by atoms with Crippen LogP contribution in [0.2, 0.25) is 0 Å². The summed E-state index contributed by atoms with van der Waals surface area (Å²) in [5, 5.41) is 2.98. The summed E-state index contributed by atoms with van der Waals surface area (Å²) in [4.78, 5) is 4.05. The first kappa shape index (κ1) is 15.3. The average molecular weight is 307 g/mol. The monoisotopic (exact) mass is 307 g/mol. The van der Waals surface area contributed by atoms with Crippen LogP contribution in [0.1, 0.15) is 5.56 Å². The van der Waals surface area contributed by atoms with Crippen LogP contribution in [0.15, 0.2) is 47.5 Å². The molecule has 0 aliphatic carbocycles. The Balaban J connectivity index is 2.40. The van der Waals surface area contributed by atoms with Crippen LogP contribution in [-0.4, -0.2) is 27.6 Å². The molecule has 0 saturated carbocycles. The van der Waals surface area contributed by atoms with Crippen LogP contribution in [0.4, 0.5) is 5.82 Å². The van der Waals surface area contributed by atoms with Gasteiger partial charge in [-0.25, -0.2) is 13.4 Å². The number of nitrogens with zero attached hydrogens (tertiary/aromatic N) is 1. The third kappa shape index (κ3) is 3.71. The molecule has 0 radical (unpaired) electrons. The van der Waals surface area contributed by atoms with Crippen molar-refractivity contribution in [3.05, 3.63) is 48.2 Å². The van der Waals surface area contributed by atoms with E-state index in [2.05, 4.69) is 15.0 Å². The molecule has 6 nitrogen and oxygen atoms in total. The first-order valence-electron chi connectivity index (χ1n) is 6.32. The third-order valence-electron chi connectivity index (χ3n) is 2.80. The van der Waals surface area contributed by atoms with Crippen LogP contribution in [0.25, 0.3) is 0 Å². The van der Waals surface area contributed by atoms with Gasteiger partial charge < -0.3 is 10.1 Å². The third-order valence-corrected chi connectivity index (χ3v) is 4.18. The van der Waals surface area contributed by atoms with Crippen molar-refractivity contribution in [1.82, 2.24) is 10.3 Å². The molecule has 1 aromatic carbocycles. The zero-order chi connectivity index (χ0) is 15.3. The maximum absolute atomic E-state index is 12.5. The summed E-state index contributed by atoms with van der Waals surface area (Å²) in [7, 11) is -0.529. The molecule has 2 aromatic rings. The zero-order valence-corrected chi connectivity index (χ0v) is 12.6. The molecule has 112 valence electrons. The smallest absolute Gasteiger partial charge is 0.266 e. The van der Waals surface area contributed by atoms with Gasteiger partial charge in [0, 0.05) is 12.7 Å². The number of anilines is 1. The number of sulfonamides is 1. The number of methoxy groups -OCH3 is 1. The second-order valence-corrected chi connectivity index (χ2v) is 5.99. The maximum Gasteiger partial charge on any atom is 0.266 e. The molecule has 1 aromatic heterocycles. The Morgan fingerprint density at radius 2 is 2.05 bits per heavy atom. The van der Waals surface area contributed by atoms with E-state index < -0.39 is 10.0 Å². The Morgan fingerprint density at radius 1 is 1.24 bits per heavy atom. The second kappa shape index (κ2) is 6.55. The van der Waals surface area contributed by atoms with E-state index >= 15 is 0 Å². The van der Waals surface area contributed by atoms with Crippen molar-refractivity contribution < 1.29 is 13.2 Å². The molecular weight excluding hydrogens is 290 g/mol. The molecule has 0 saturated heterocycles. The van der Waals surface area contributed by atoms with E-state index in [1.54, 1.807) is 37.4 Å². The molecule has 0 aliphatic heterocycles. The van der Waals surface area contributed by atoms with Gasteiger partial charge in [-0.15, -0.1) is 0 Å². The number of ether oxygens (including phenoxy) is 1. The molecule has 2 rings (SSSR count). The van der Waals surface area contributed by atoms with E-state index in [9.17, 15) is 8.42 Å². The van der Waals surface area contributed by atoms with Crippen molar-refractivity contribution in [2.75, 3.05) is 18.9 Å². The number of benzene rings is 1. The van der Waals surface area contributed by atoms with Gasteiger partial charge in [-0.1, -0.05) is 12.1 Å². The van der Waals surface area contributed by atoms with Gasteiger partial charge in [0.15, 0.2) is 0 Å². The van der Waals surface area contributed by atoms with E-state index in [1.165, 1.54) is 13.3 Å². The van der Waals surface area contributed by atoms with Gasteiger partial charge in [-0.05, 0) is 36.9 Å². The van der Waals surface area contributed by atoms with Crippen LogP contribution in [0, 0.1) is 0 Å². The van der Waals surface area contributed by atoms with Gasteiger partial charge in [0.05, 0.1) is 7.11 Å². The zero-order valence-electron chi connectivity index (χ0n) is 11.8. The normalized spacial score (nSPS) is 11.1. The molecule has 0 unspecified atom stereocenters. The highest BCUT2D eigenvalue weighted by atomic mass is 32.2. The summed E-state index contributed by atoms with van der Waals surface area (Å²) >= 11 is 0. The van der Waals surface area contributed by atoms with Gasteiger partial charge in [0.25, 0.3) is 10.0 Å². The van der Waals surface area contributed by atoms with E-state index in [-0.39, 0.29) is 10.7 Å². The number of nitrogens with one attached hydrogen (secondary N) is 2. The van der Waals surface area contributed by atoms with E-state index in [1.807, 2.05) is 6.07 Å². The quantitative estimate of drug-likeness (QED) is 0.847. The maximum atomic E-state index is 12.5. The fourth-order valence-electron chi connectivity index (χ4n) is 1.86. The van der Waals surface area contributed by atoms with Crippen molar-refractivity contribution in [2.45, 2.75) is 11.4 Å². The Morgan fingerprint density at radius 3 is 2.67 bits per heavy atom. The Hall–Kier alpha value is -2.12. The molecule has 1 heterocycles. The molecule has 2 N–H and O–H groups in total. The van der Waals surface area contributed by atoms with Gasteiger partial charge >= 0.3 is 0 Å². The van der Waals surface area contributed by atoms with Crippen molar-refractivity contribution in [2.24, 2.45) is 0 Å². The minimum atomic E-state index is -3.76. The van der Waals surface area contributed by atoms with Crippen LogP contribution in [0.5, 0.6) is 5.75 Å². The molecule has 0 fully saturated rings. The number of rotatable bonds is 6. The number of hydrogen-bond donors (Lipinski definition) is 2. The van der Waals surface area contributed by atoms with Gasteiger partial charge in [0.1, 0.15) is 16.5 Å². The minimum absolute atomic E-state index is 0.0865. The molecule has 21 heavy (non-hydrogen) atoms. The van der Waals surface area contributed by atoms with E-state index in [0.29, 0.717) is 12.3 Å². The highest BCUT2D eigenvalue weighted by Crippen LogP contribution is 2.26. The standard InChI is InChI=1S/C14H17N3O3S/c1-15-10-11-6-7-12(20-2)13(9-11)21(18,19)17-14-5-3-4-8-16-14/h3-9,15H,10H2,1-2H3,(H,16,17). The van der Waals surface area contributed by atoms with Crippen molar-refractivity contribution in [3.8, 4) is 5.75 Å². The molecule has 7 heteroatoms. The topological polar surface area (TPSA) is 80.3 Å². The lowest BCUT2D eigenvalue weighted by Gasteiger charge is -2.12. The fourth-order valence-corrected chi connectivity index (χ4v) is 3.09. The summed E-state index contributed by atoms with van der Waals surface area (Å²) in [6.45, 7) is 0.566. The Labute approximate surface area is 124 Å². The lowest BCUT2D eigenvalue weighted by molar-refractivity contribution is 0.402. The van der Waals surface area contributed by atoms with E-state index in [4.69, 9.17) is 4.74 Å². The lowest BCUT2D eigenvalue weighted by Crippen LogP contribution is -2.16. The molecule has 0 aliphatic rings. The predicted molar refractivity (Wildman–Crippen MR) is 80.8 cm³/mol. The number of hydrogen-bond acceptors (Lipinski definition) is 5. The number of pyridine rings is 1. The second-order valence-electron chi connectivity index (χ2n) is 4.34. The van der Waals surface area contributed by atoms with Crippen LogP contribution in [-0.2, 0) is 16.6 Å². The Kier molecular flexibility index (Phi) is 4.77. The van der Waals surface area contributed by atoms with Crippen molar-refractivity contribution >= 4 is 15.8 Å². The Bertz CT molecular complexity index is 703. The SMILES string of the molecule is CNCc1ccc(OC)c(S(=O)(=O)Nc2ccccn2)c1. The first-order chi connectivity index (χ1) is 10.1. The van der Waals surface area contributed by atoms with Crippen LogP contribution >= 0.6 is 0 Å². The highest BCUT2D eigenvalue weighted by molar-refractivity contribution is 7.92. The van der Waals surface area contributed by atoms with Gasteiger partial charge in [-0.2, -0.15) is 0 Å². The summed E-state index contributed by atoms with van der Waals surface area (Å²) in [5.41, 5.74) is 0.847. The largest absolute Gasteiger partial charge is 0.495 e. The summed E-state index contributed by atoms with van der Waals surface area (Å²) in [6.07, 6.45) is 1.52. The summed E-state index contributed by atoms with van der Waals surface area (Å²) in [6, 6.07) is 10.0. The molecule has 0 bridgehead atoms. The predicted octanol–water partition coefficient (Wildman–Crippen LogP) is 1.61. The molecule has 0 spiro atoms. The summed E-state index contributed by atoms with van der Waals surface area (Å²) in [5.74, 6) is 0.553. The van der Waals surface area contributed by atoms with Crippen molar-refractivity contribution in [3.63, 3.8) is 0 Å². The van der Waals surface area contributed by atoms with Gasteiger partial charge in [-0.3, -0.25) is 4.72 Å². The van der Waals surface area contributed by atoms with Crippen LogP contribution < -0.4 is 14.8 Å². The number of aromatic nitrogens is 1. The first-order valence-corrected chi connectivity index (χ1v) is 7.80. The van der Waals surface area contributed by atoms with Crippen molar-refractivity contribution in [1.29, 1.82) is 0 Å². The lowest BCUT2D eigenvalue weighted by atomic mass is 10.2. The van der Waals surface area contributed by atoms with E-state index in [0.717, 1.165) is 5.56 Å². The minimum Gasteiger partial charge on any atom is -0.495 e.